The molecule has 0 fully saturated rings. The molecule has 3 atom stereocenters. The summed E-state index contributed by atoms with van der Waals surface area (Å²) in [6, 6.07) is 0. The Morgan fingerprint density at radius 2 is 1.64 bits per heavy atom. The second kappa shape index (κ2) is 11.4. The minimum Gasteiger partial charge on any atom is -0.455 e. The first-order valence-electron chi connectivity index (χ1n) is 9.73. The predicted molar refractivity (Wildman–Crippen MR) is 97.1 cm³/mol. The van der Waals surface area contributed by atoms with Crippen LogP contribution >= 0.6 is 0 Å². The molecule has 1 unspecified atom stereocenters. The Bertz CT molecular complexity index is 445. The van der Waals surface area contributed by atoms with Gasteiger partial charge in [-0.3, -0.25) is 9.59 Å². The van der Waals surface area contributed by atoms with Crippen LogP contribution in [0.4, 0.5) is 0 Å². The summed E-state index contributed by atoms with van der Waals surface area (Å²) in [6.45, 7) is 3.43. The van der Waals surface area contributed by atoms with Crippen LogP contribution in [0.15, 0.2) is 12.2 Å². The van der Waals surface area contributed by atoms with Gasteiger partial charge in [-0.2, -0.15) is 0 Å². The maximum Gasteiger partial charge on any atom is 0.303 e. The molecular weight excluding hydrogens is 320 g/mol. The number of carbonyl (C=O) groups excluding carboxylic acids is 2. The molecule has 2 N–H and O–H groups in total. The van der Waals surface area contributed by atoms with Crippen LogP contribution in [0.5, 0.6) is 0 Å². The highest BCUT2D eigenvalue weighted by molar-refractivity contribution is 6.01. The van der Waals surface area contributed by atoms with Gasteiger partial charge < -0.3 is 14.9 Å². The molecule has 0 aliphatic heterocycles. The Balaban J connectivity index is 2.21. The molecule has 0 aromatic carbocycles. The molecule has 1 aliphatic carbocycles. The van der Waals surface area contributed by atoms with Crippen LogP contribution in [0.25, 0.3) is 0 Å². The van der Waals surface area contributed by atoms with E-state index in [9.17, 15) is 19.8 Å². The van der Waals surface area contributed by atoms with E-state index in [0.29, 0.717) is 6.42 Å². The van der Waals surface area contributed by atoms with Gasteiger partial charge in [0.25, 0.3) is 0 Å². The van der Waals surface area contributed by atoms with E-state index < -0.39 is 29.6 Å². The first-order valence-corrected chi connectivity index (χ1v) is 9.73. The van der Waals surface area contributed by atoms with Crippen molar-refractivity contribution in [2.45, 2.75) is 102 Å². The molecule has 0 amide bonds. The Labute approximate surface area is 151 Å². The smallest absolute Gasteiger partial charge is 0.303 e. The van der Waals surface area contributed by atoms with E-state index in [1.807, 2.05) is 0 Å². The third kappa shape index (κ3) is 6.90. The van der Waals surface area contributed by atoms with Crippen molar-refractivity contribution in [3.8, 4) is 0 Å². The number of esters is 1. The summed E-state index contributed by atoms with van der Waals surface area (Å²) in [5.74, 6) is -1.19. The van der Waals surface area contributed by atoms with Gasteiger partial charge in [0, 0.05) is 6.92 Å². The van der Waals surface area contributed by atoms with E-state index >= 15 is 0 Å². The zero-order chi connectivity index (χ0) is 18.7. The third-order valence-electron chi connectivity index (χ3n) is 4.88. The largest absolute Gasteiger partial charge is 0.455 e. The molecule has 0 aromatic heterocycles. The molecular formula is C20H34O5. The van der Waals surface area contributed by atoms with E-state index in [2.05, 4.69) is 6.92 Å². The van der Waals surface area contributed by atoms with Crippen LogP contribution < -0.4 is 0 Å². The van der Waals surface area contributed by atoms with Gasteiger partial charge in [-0.1, -0.05) is 71.1 Å². The molecule has 0 heterocycles. The lowest BCUT2D eigenvalue weighted by Crippen LogP contribution is -2.55. The van der Waals surface area contributed by atoms with E-state index in [4.69, 9.17) is 4.74 Å². The lowest BCUT2D eigenvalue weighted by atomic mass is 9.87. The fourth-order valence-electron chi connectivity index (χ4n) is 3.30. The van der Waals surface area contributed by atoms with Crippen molar-refractivity contribution in [2.75, 3.05) is 0 Å². The van der Waals surface area contributed by atoms with E-state index in [-0.39, 0.29) is 0 Å². The molecule has 1 aliphatic rings. The van der Waals surface area contributed by atoms with Crippen molar-refractivity contribution in [1.82, 2.24) is 0 Å². The number of rotatable bonds is 13. The van der Waals surface area contributed by atoms with Crippen LogP contribution in [0.3, 0.4) is 0 Å². The van der Waals surface area contributed by atoms with E-state index in [1.165, 1.54) is 64.0 Å². The Kier molecular flexibility index (Phi) is 9.98. The zero-order valence-electron chi connectivity index (χ0n) is 15.7. The molecule has 0 saturated carbocycles. The lowest BCUT2D eigenvalue weighted by Gasteiger charge is -2.32. The fourth-order valence-corrected chi connectivity index (χ4v) is 3.30. The van der Waals surface area contributed by atoms with Gasteiger partial charge in [0.1, 0.15) is 0 Å². The predicted octanol–water partition coefficient (Wildman–Crippen LogP) is 3.46. The van der Waals surface area contributed by atoms with E-state index in [1.54, 1.807) is 0 Å². The zero-order valence-corrected chi connectivity index (χ0v) is 15.7. The van der Waals surface area contributed by atoms with Gasteiger partial charge in [-0.25, -0.2) is 0 Å². The number of hydrogen-bond acceptors (Lipinski definition) is 5. The summed E-state index contributed by atoms with van der Waals surface area (Å²) >= 11 is 0. The third-order valence-corrected chi connectivity index (χ3v) is 4.88. The highest BCUT2D eigenvalue weighted by Crippen LogP contribution is 2.30. The Morgan fingerprint density at radius 3 is 2.16 bits per heavy atom. The summed E-state index contributed by atoms with van der Waals surface area (Å²) in [7, 11) is 0. The molecule has 0 radical (unpaired) electrons. The van der Waals surface area contributed by atoms with Crippen LogP contribution in [0.2, 0.25) is 0 Å². The van der Waals surface area contributed by atoms with Crippen molar-refractivity contribution in [3.63, 3.8) is 0 Å². The molecule has 0 saturated heterocycles. The van der Waals surface area contributed by atoms with Crippen LogP contribution in [0, 0.1) is 0 Å². The standard InChI is InChI=1S/C20H34O5/c1-3-4-5-6-7-8-9-10-11-12-13-17(22)20(24)18(23)14-15-19(20)25-16(2)21/h14-15,17,19,22,24H,3-13H2,1-2H3/t17?,19-,20-/m1/s1. The Morgan fingerprint density at radius 1 is 1.12 bits per heavy atom. The average Bonchev–Trinajstić information content (AvgIpc) is 2.85. The van der Waals surface area contributed by atoms with Crippen LogP contribution in [0.1, 0.15) is 84.5 Å². The SMILES string of the molecule is CCCCCCCCCCCCC(O)[C@@]1(O)C(=O)C=C[C@H]1OC(C)=O. The molecule has 0 bridgehead atoms. The first kappa shape index (κ1) is 21.8. The summed E-state index contributed by atoms with van der Waals surface area (Å²) < 4.78 is 4.96. The molecule has 5 nitrogen and oxygen atoms in total. The van der Waals surface area contributed by atoms with Gasteiger partial charge in [0.15, 0.2) is 17.5 Å². The summed E-state index contributed by atoms with van der Waals surface area (Å²) in [6.07, 6.45) is 12.2. The quantitative estimate of drug-likeness (QED) is 0.391. The number of aliphatic hydroxyl groups excluding tert-OH is 1. The summed E-state index contributed by atoms with van der Waals surface area (Å²) in [4.78, 5) is 23.0. The second-order valence-electron chi connectivity index (χ2n) is 7.07. The molecule has 25 heavy (non-hydrogen) atoms. The lowest BCUT2D eigenvalue weighted by molar-refractivity contribution is -0.174. The van der Waals surface area contributed by atoms with Crippen molar-refractivity contribution in [1.29, 1.82) is 0 Å². The van der Waals surface area contributed by atoms with Gasteiger partial charge in [-0.15, -0.1) is 0 Å². The Hall–Kier alpha value is -1.20. The monoisotopic (exact) mass is 354 g/mol. The van der Waals surface area contributed by atoms with Crippen LogP contribution in [-0.4, -0.2) is 39.8 Å². The summed E-state index contributed by atoms with van der Waals surface area (Å²) in [5, 5.41) is 20.8. The maximum absolute atomic E-state index is 11.9. The van der Waals surface area contributed by atoms with Crippen molar-refractivity contribution < 1.29 is 24.5 Å². The highest BCUT2D eigenvalue weighted by atomic mass is 16.6. The van der Waals surface area contributed by atoms with Crippen molar-refractivity contribution in [3.05, 3.63) is 12.2 Å². The van der Waals surface area contributed by atoms with Gasteiger partial charge in [0.2, 0.25) is 0 Å². The number of aliphatic hydroxyl groups is 2. The first-order chi connectivity index (χ1) is 11.9. The number of ether oxygens (including phenoxy) is 1. The maximum atomic E-state index is 11.9. The topological polar surface area (TPSA) is 83.8 Å². The fraction of sp³-hybridized carbons (Fsp3) is 0.800. The minimum atomic E-state index is -2.04. The molecule has 144 valence electrons. The van der Waals surface area contributed by atoms with Gasteiger partial charge in [0.05, 0.1) is 6.10 Å². The molecule has 5 heteroatoms. The average molecular weight is 354 g/mol. The van der Waals surface area contributed by atoms with Crippen molar-refractivity contribution >= 4 is 11.8 Å². The number of carbonyl (C=O) groups is 2. The molecule has 0 aromatic rings. The number of unbranched alkanes of at least 4 members (excludes halogenated alkanes) is 9. The van der Waals surface area contributed by atoms with Gasteiger partial charge in [-0.05, 0) is 18.6 Å². The summed E-state index contributed by atoms with van der Waals surface area (Å²) in [5.41, 5.74) is -2.04. The van der Waals surface area contributed by atoms with Gasteiger partial charge >= 0.3 is 5.97 Å². The minimum absolute atomic E-state index is 0.318. The van der Waals surface area contributed by atoms with E-state index in [0.717, 1.165) is 19.3 Å². The molecule has 1 rings (SSSR count). The van der Waals surface area contributed by atoms with Crippen molar-refractivity contribution in [2.24, 2.45) is 0 Å². The normalized spacial score (nSPS) is 23.8. The molecule has 0 spiro atoms. The highest BCUT2D eigenvalue weighted by Gasteiger charge is 2.52. The van der Waals surface area contributed by atoms with Crippen LogP contribution in [-0.2, 0) is 14.3 Å². The number of hydrogen-bond donors (Lipinski definition) is 2. The number of ketones is 1. The second-order valence-corrected chi connectivity index (χ2v) is 7.07.